The summed E-state index contributed by atoms with van der Waals surface area (Å²) in [7, 11) is 2.83. The fraction of sp³-hybridized carbons (Fsp3) is 0.188. The van der Waals surface area contributed by atoms with Crippen molar-refractivity contribution in [1.82, 2.24) is 0 Å². The van der Waals surface area contributed by atoms with E-state index in [1.54, 1.807) is 24.3 Å². The van der Waals surface area contributed by atoms with Crippen molar-refractivity contribution in [1.29, 1.82) is 0 Å². The molecule has 5 heteroatoms. The molecule has 0 aliphatic heterocycles. The van der Waals surface area contributed by atoms with Gasteiger partial charge in [0.1, 0.15) is 11.6 Å². The topological polar surface area (TPSA) is 47.6 Å². The zero-order chi connectivity index (χ0) is 15.2. The maximum atomic E-state index is 13.4. The molecule has 0 aromatic heterocycles. The number of carbonyl (C=O) groups excluding carboxylic acids is 1. The van der Waals surface area contributed by atoms with Crippen molar-refractivity contribution >= 4 is 11.7 Å². The molecule has 0 bridgehead atoms. The third-order valence-electron chi connectivity index (χ3n) is 3.03. The molecular formula is C16H16FNO3. The van der Waals surface area contributed by atoms with Crippen LogP contribution in [0.3, 0.4) is 0 Å². The van der Waals surface area contributed by atoms with Crippen LogP contribution in [0.15, 0.2) is 48.5 Å². The predicted molar refractivity (Wildman–Crippen MR) is 77.8 cm³/mol. The number of ether oxygens (including phenoxy) is 2. The van der Waals surface area contributed by atoms with Gasteiger partial charge < -0.3 is 14.8 Å². The van der Waals surface area contributed by atoms with E-state index in [1.165, 1.54) is 26.4 Å². The summed E-state index contributed by atoms with van der Waals surface area (Å²) in [6, 6.07) is 12.2. The van der Waals surface area contributed by atoms with Gasteiger partial charge in [-0.2, -0.15) is 0 Å². The van der Waals surface area contributed by atoms with Crippen LogP contribution in [0.5, 0.6) is 5.75 Å². The molecule has 0 aliphatic rings. The summed E-state index contributed by atoms with van der Waals surface area (Å²) in [5.41, 5.74) is 1.10. The summed E-state index contributed by atoms with van der Waals surface area (Å²) >= 11 is 0. The van der Waals surface area contributed by atoms with Crippen molar-refractivity contribution in [3.63, 3.8) is 0 Å². The molecule has 0 spiro atoms. The van der Waals surface area contributed by atoms with Gasteiger partial charge in [0.25, 0.3) is 0 Å². The van der Waals surface area contributed by atoms with Crippen LogP contribution >= 0.6 is 0 Å². The Balaban J connectivity index is 2.35. The van der Waals surface area contributed by atoms with Crippen LogP contribution in [0.25, 0.3) is 0 Å². The first kappa shape index (κ1) is 14.8. The summed E-state index contributed by atoms with van der Waals surface area (Å²) in [6.07, 6.45) is 0. The van der Waals surface area contributed by atoms with E-state index in [2.05, 4.69) is 5.32 Å². The number of halogens is 1. The molecule has 21 heavy (non-hydrogen) atoms. The van der Waals surface area contributed by atoms with Gasteiger partial charge in [-0.25, -0.2) is 9.18 Å². The van der Waals surface area contributed by atoms with E-state index < -0.39 is 17.8 Å². The number of esters is 1. The lowest BCUT2D eigenvalue weighted by atomic mass is 10.1. The first-order valence-corrected chi connectivity index (χ1v) is 6.38. The SMILES string of the molecule is COC(=O)C(Nc1ccccc1OC)c1cccc(F)c1. The highest BCUT2D eigenvalue weighted by Crippen LogP contribution is 2.28. The summed E-state index contributed by atoms with van der Waals surface area (Å²) in [6.45, 7) is 0. The van der Waals surface area contributed by atoms with E-state index >= 15 is 0 Å². The Morgan fingerprint density at radius 2 is 1.90 bits per heavy atom. The van der Waals surface area contributed by atoms with Gasteiger partial charge in [-0.15, -0.1) is 0 Å². The van der Waals surface area contributed by atoms with Crippen molar-refractivity contribution in [3.8, 4) is 5.75 Å². The zero-order valence-corrected chi connectivity index (χ0v) is 11.8. The molecule has 2 rings (SSSR count). The summed E-state index contributed by atoms with van der Waals surface area (Å²) < 4.78 is 23.4. The number of hydrogen-bond donors (Lipinski definition) is 1. The molecule has 0 radical (unpaired) electrons. The fourth-order valence-corrected chi connectivity index (χ4v) is 2.00. The predicted octanol–water partition coefficient (Wildman–Crippen LogP) is 3.16. The minimum Gasteiger partial charge on any atom is -0.495 e. The Morgan fingerprint density at radius 3 is 2.57 bits per heavy atom. The maximum absolute atomic E-state index is 13.4. The molecule has 2 aromatic rings. The van der Waals surface area contributed by atoms with E-state index in [1.807, 2.05) is 12.1 Å². The molecule has 1 unspecified atom stereocenters. The number of rotatable bonds is 5. The monoisotopic (exact) mass is 289 g/mol. The molecule has 2 aromatic carbocycles. The van der Waals surface area contributed by atoms with E-state index in [0.717, 1.165) is 0 Å². The molecule has 1 N–H and O–H groups in total. The molecule has 110 valence electrons. The van der Waals surface area contributed by atoms with Gasteiger partial charge in [-0.3, -0.25) is 0 Å². The van der Waals surface area contributed by atoms with Crippen molar-refractivity contribution < 1.29 is 18.7 Å². The average molecular weight is 289 g/mol. The Bertz CT molecular complexity index is 630. The van der Waals surface area contributed by atoms with E-state index in [9.17, 15) is 9.18 Å². The Labute approximate surface area is 122 Å². The minimum atomic E-state index is -0.818. The molecule has 0 heterocycles. The van der Waals surface area contributed by atoms with Gasteiger partial charge in [0.15, 0.2) is 6.04 Å². The second kappa shape index (κ2) is 6.74. The number of carbonyl (C=O) groups is 1. The summed E-state index contributed by atoms with van der Waals surface area (Å²) in [5, 5.41) is 3.03. The third kappa shape index (κ3) is 3.51. The highest BCUT2D eigenvalue weighted by Gasteiger charge is 2.22. The molecule has 0 amide bonds. The van der Waals surface area contributed by atoms with E-state index in [4.69, 9.17) is 9.47 Å². The minimum absolute atomic E-state index is 0.414. The standard InChI is InChI=1S/C16H16FNO3/c1-20-14-9-4-3-8-13(14)18-15(16(19)21-2)11-6-5-7-12(17)10-11/h3-10,15,18H,1-2H3. The quantitative estimate of drug-likeness (QED) is 0.859. The number of nitrogens with one attached hydrogen (secondary N) is 1. The number of anilines is 1. The van der Waals surface area contributed by atoms with Gasteiger partial charge in [0.2, 0.25) is 0 Å². The third-order valence-corrected chi connectivity index (χ3v) is 3.03. The van der Waals surface area contributed by atoms with Crippen molar-refractivity contribution in [3.05, 3.63) is 59.9 Å². The van der Waals surface area contributed by atoms with Gasteiger partial charge in [0, 0.05) is 0 Å². The Kier molecular flexibility index (Phi) is 4.77. The van der Waals surface area contributed by atoms with Crippen LogP contribution in [-0.2, 0) is 9.53 Å². The Hall–Kier alpha value is -2.56. The Morgan fingerprint density at radius 1 is 1.14 bits per heavy atom. The molecule has 4 nitrogen and oxygen atoms in total. The fourth-order valence-electron chi connectivity index (χ4n) is 2.00. The zero-order valence-electron chi connectivity index (χ0n) is 11.8. The number of methoxy groups -OCH3 is 2. The smallest absolute Gasteiger partial charge is 0.332 e. The number of hydrogen-bond acceptors (Lipinski definition) is 4. The van der Waals surface area contributed by atoms with Gasteiger partial charge >= 0.3 is 5.97 Å². The molecule has 0 fully saturated rings. The summed E-state index contributed by atoms with van der Waals surface area (Å²) in [5.74, 6) is -0.336. The van der Waals surface area contributed by atoms with Crippen LogP contribution < -0.4 is 10.1 Å². The molecule has 0 aliphatic carbocycles. The lowest BCUT2D eigenvalue weighted by molar-refractivity contribution is -0.141. The first-order valence-electron chi connectivity index (χ1n) is 6.38. The van der Waals surface area contributed by atoms with Gasteiger partial charge in [0.05, 0.1) is 19.9 Å². The number of para-hydroxylation sites is 2. The summed E-state index contributed by atoms with van der Waals surface area (Å²) in [4.78, 5) is 12.0. The van der Waals surface area contributed by atoms with Crippen molar-refractivity contribution in [2.45, 2.75) is 6.04 Å². The van der Waals surface area contributed by atoms with Gasteiger partial charge in [-0.05, 0) is 29.8 Å². The van der Waals surface area contributed by atoms with Crippen molar-refractivity contribution in [2.24, 2.45) is 0 Å². The normalized spacial score (nSPS) is 11.6. The second-order valence-electron chi connectivity index (χ2n) is 4.36. The maximum Gasteiger partial charge on any atom is 0.332 e. The highest BCUT2D eigenvalue weighted by atomic mass is 19.1. The first-order chi connectivity index (χ1) is 10.2. The molecule has 0 saturated carbocycles. The van der Waals surface area contributed by atoms with E-state index in [-0.39, 0.29) is 0 Å². The van der Waals surface area contributed by atoms with Gasteiger partial charge in [-0.1, -0.05) is 24.3 Å². The second-order valence-corrected chi connectivity index (χ2v) is 4.36. The lowest BCUT2D eigenvalue weighted by Gasteiger charge is -2.19. The molecule has 1 atom stereocenters. The van der Waals surface area contributed by atoms with Crippen LogP contribution in [0.1, 0.15) is 11.6 Å². The van der Waals surface area contributed by atoms with Crippen LogP contribution in [0, 0.1) is 5.82 Å². The number of benzene rings is 2. The van der Waals surface area contributed by atoms with Crippen molar-refractivity contribution in [2.75, 3.05) is 19.5 Å². The molecular weight excluding hydrogens is 273 g/mol. The molecule has 0 saturated heterocycles. The van der Waals surface area contributed by atoms with E-state index in [0.29, 0.717) is 17.0 Å². The largest absolute Gasteiger partial charge is 0.495 e. The average Bonchev–Trinajstić information content (AvgIpc) is 2.52. The van der Waals surface area contributed by atoms with Crippen LogP contribution in [0.2, 0.25) is 0 Å². The van der Waals surface area contributed by atoms with Crippen LogP contribution in [-0.4, -0.2) is 20.2 Å². The lowest BCUT2D eigenvalue weighted by Crippen LogP contribution is -2.22. The highest BCUT2D eigenvalue weighted by molar-refractivity contribution is 5.81. The van der Waals surface area contributed by atoms with Crippen LogP contribution in [0.4, 0.5) is 10.1 Å².